The molecule has 0 unspecified atom stereocenters. The lowest BCUT2D eigenvalue weighted by molar-refractivity contribution is -0.191. The summed E-state index contributed by atoms with van der Waals surface area (Å²) >= 11 is 0. The van der Waals surface area contributed by atoms with Crippen molar-refractivity contribution in [3.8, 4) is 0 Å². The molecule has 2 amide bonds. The molecule has 1 aliphatic rings. The fourth-order valence-electron chi connectivity index (χ4n) is 2.90. The Morgan fingerprint density at radius 2 is 1.62 bits per heavy atom. The minimum Gasteiger partial charge on any atom is -0.444 e. The zero-order valence-electron chi connectivity index (χ0n) is 15.2. The van der Waals surface area contributed by atoms with E-state index in [-0.39, 0.29) is 13.1 Å². The maximum absolute atomic E-state index is 13.0. The molecule has 5 nitrogen and oxygen atoms in total. The van der Waals surface area contributed by atoms with Crippen LogP contribution in [-0.4, -0.2) is 52.7 Å². The Morgan fingerprint density at radius 3 is 2.12 bits per heavy atom. The van der Waals surface area contributed by atoms with Crippen molar-refractivity contribution in [1.29, 1.82) is 0 Å². The number of alkyl halides is 3. The Labute approximate surface area is 150 Å². The molecule has 1 fully saturated rings. The van der Waals surface area contributed by atoms with Crippen LogP contribution >= 0.6 is 0 Å². The van der Waals surface area contributed by atoms with Gasteiger partial charge < -0.3 is 14.5 Å². The number of piperazine rings is 1. The van der Waals surface area contributed by atoms with Gasteiger partial charge in [-0.2, -0.15) is 13.2 Å². The molecule has 8 heteroatoms. The van der Waals surface area contributed by atoms with Gasteiger partial charge in [-0.3, -0.25) is 4.79 Å². The van der Waals surface area contributed by atoms with Crippen LogP contribution in [0, 0.1) is 0 Å². The quantitative estimate of drug-likeness (QED) is 0.754. The van der Waals surface area contributed by atoms with Crippen molar-refractivity contribution < 1.29 is 27.5 Å². The standard InChI is InChI=1S/C18H23F3N2O3/c1-12-10-23(15(24)18(19,20)21)14(13-8-6-5-7-9-13)11-22(12)16(25)26-17(2,3)4/h5-9,12,14H,10-11H2,1-4H3/t12-,14-/m1/s1. The minimum absolute atomic E-state index is 0.0675. The van der Waals surface area contributed by atoms with Crippen molar-refractivity contribution in [2.45, 2.75) is 51.6 Å². The average molecular weight is 372 g/mol. The summed E-state index contributed by atoms with van der Waals surface area (Å²) in [6.45, 7) is 6.45. The van der Waals surface area contributed by atoms with Crippen molar-refractivity contribution in [3.63, 3.8) is 0 Å². The molecular formula is C18H23F3N2O3. The molecule has 0 aromatic heterocycles. The molecular weight excluding hydrogens is 349 g/mol. The molecule has 1 aromatic rings. The predicted octanol–water partition coefficient (Wildman–Crippen LogP) is 3.76. The molecule has 0 radical (unpaired) electrons. The highest BCUT2D eigenvalue weighted by Gasteiger charge is 2.48. The van der Waals surface area contributed by atoms with Gasteiger partial charge in [0.2, 0.25) is 0 Å². The summed E-state index contributed by atoms with van der Waals surface area (Å²) in [5, 5.41) is 0. The van der Waals surface area contributed by atoms with E-state index in [0.717, 1.165) is 4.90 Å². The van der Waals surface area contributed by atoms with Crippen LogP contribution in [0.15, 0.2) is 30.3 Å². The lowest BCUT2D eigenvalue weighted by atomic mass is 9.99. The molecule has 2 rings (SSSR count). The third-order valence-electron chi connectivity index (χ3n) is 4.05. The largest absolute Gasteiger partial charge is 0.471 e. The van der Waals surface area contributed by atoms with Crippen LogP contribution in [0.25, 0.3) is 0 Å². The lowest BCUT2D eigenvalue weighted by Crippen LogP contribution is -2.59. The van der Waals surface area contributed by atoms with E-state index in [2.05, 4.69) is 0 Å². The van der Waals surface area contributed by atoms with Crippen molar-refractivity contribution in [1.82, 2.24) is 9.80 Å². The maximum atomic E-state index is 13.0. The summed E-state index contributed by atoms with van der Waals surface area (Å²) in [4.78, 5) is 26.5. The zero-order valence-corrected chi connectivity index (χ0v) is 15.2. The lowest BCUT2D eigenvalue weighted by Gasteiger charge is -2.45. The molecule has 144 valence electrons. The number of hydrogen-bond acceptors (Lipinski definition) is 3. The summed E-state index contributed by atoms with van der Waals surface area (Å²) in [5.74, 6) is -1.90. The van der Waals surface area contributed by atoms with Gasteiger partial charge in [-0.1, -0.05) is 30.3 Å². The third kappa shape index (κ3) is 4.68. The summed E-state index contributed by atoms with van der Waals surface area (Å²) < 4.78 is 44.5. The maximum Gasteiger partial charge on any atom is 0.471 e. The van der Waals surface area contributed by atoms with Gasteiger partial charge in [0.15, 0.2) is 0 Å². The Hall–Kier alpha value is -2.25. The monoisotopic (exact) mass is 372 g/mol. The normalized spacial score (nSPS) is 21.5. The topological polar surface area (TPSA) is 49.9 Å². The summed E-state index contributed by atoms with van der Waals surface area (Å²) in [5.41, 5.74) is -0.191. The molecule has 1 aromatic carbocycles. The molecule has 0 saturated carbocycles. The van der Waals surface area contributed by atoms with Gasteiger partial charge in [0.1, 0.15) is 5.60 Å². The summed E-state index contributed by atoms with van der Waals surface area (Å²) in [6, 6.07) is 6.89. The van der Waals surface area contributed by atoms with Gasteiger partial charge in [0.25, 0.3) is 0 Å². The molecule has 2 atom stereocenters. The summed E-state index contributed by atoms with van der Waals surface area (Å²) in [6.07, 6.45) is -5.58. The van der Waals surface area contributed by atoms with E-state index in [9.17, 15) is 22.8 Å². The molecule has 1 saturated heterocycles. The number of ether oxygens (including phenoxy) is 1. The highest BCUT2D eigenvalue weighted by atomic mass is 19.4. The van der Waals surface area contributed by atoms with Crippen LogP contribution in [0.2, 0.25) is 0 Å². The highest BCUT2D eigenvalue weighted by molar-refractivity contribution is 5.83. The van der Waals surface area contributed by atoms with Crippen LogP contribution in [0.3, 0.4) is 0 Å². The van der Waals surface area contributed by atoms with E-state index in [1.807, 2.05) is 0 Å². The van der Waals surface area contributed by atoms with Crippen molar-refractivity contribution in [2.75, 3.05) is 13.1 Å². The Bertz CT molecular complexity index is 656. The van der Waals surface area contributed by atoms with E-state index in [1.54, 1.807) is 58.0 Å². The van der Waals surface area contributed by atoms with Gasteiger partial charge in [-0.05, 0) is 33.3 Å². The third-order valence-corrected chi connectivity index (χ3v) is 4.05. The molecule has 0 aliphatic carbocycles. The van der Waals surface area contributed by atoms with Crippen LogP contribution in [0.5, 0.6) is 0 Å². The number of benzene rings is 1. The van der Waals surface area contributed by atoms with Gasteiger partial charge in [-0.25, -0.2) is 4.79 Å². The van der Waals surface area contributed by atoms with Gasteiger partial charge in [-0.15, -0.1) is 0 Å². The molecule has 0 N–H and O–H groups in total. The van der Waals surface area contributed by atoms with E-state index in [1.165, 1.54) is 4.90 Å². The van der Waals surface area contributed by atoms with Crippen LogP contribution < -0.4 is 0 Å². The molecule has 26 heavy (non-hydrogen) atoms. The first-order chi connectivity index (χ1) is 11.9. The summed E-state index contributed by atoms with van der Waals surface area (Å²) in [7, 11) is 0. The number of amides is 2. The first kappa shape index (κ1) is 20.1. The number of rotatable bonds is 1. The van der Waals surface area contributed by atoms with E-state index < -0.39 is 35.9 Å². The smallest absolute Gasteiger partial charge is 0.444 e. The minimum atomic E-state index is -4.97. The number of carbonyl (C=O) groups excluding carboxylic acids is 2. The van der Waals surface area contributed by atoms with E-state index in [0.29, 0.717) is 5.56 Å². The van der Waals surface area contributed by atoms with Crippen molar-refractivity contribution in [3.05, 3.63) is 35.9 Å². The molecule has 0 bridgehead atoms. The van der Waals surface area contributed by atoms with Crippen LogP contribution in [0.4, 0.5) is 18.0 Å². The Morgan fingerprint density at radius 1 is 1.04 bits per heavy atom. The van der Waals surface area contributed by atoms with Crippen molar-refractivity contribution >= 4 is 12.0 Å². The number of hydrogen-bond donors (Lipinski definition) is 0. The van der Waals surface area contributed by atoms with Crippen molar-refractivity contribution in [2.24, 2.45) is 0 Å². The Kier molecular flexibility index (Phi) is 5.53. The van der Waals surface area contributed by atoms with Crippen LogP contribution in [0.1, 0.15) is 39.3 Å². The second kappa shape index (κ2) is 7.17. The fourth-order valence-corrected chi connectivity index (χ4v) is 2.90. The van der Waals surface area contributed by atoms with E-state index in [4.69, 9.17) is 4.74 Å². The number of nitrogens with zero attached hydrogens (tertiary/aromatic N) is 2. The number of carbonyl (C=O) groups is 2. The average Bonchev–Trinajstić information content (AvgIpc) is 2.52. The number of halogens is 3. The van der Waals surface area contributed by atoms with E-state index >= 15 is 0 Å². The molecule has 1 aliphatic heterocycles. The van der Waals surface area contributed by atoms with Gasteiger partial charge in [0.05, 0.1) is 6.04 Å². The fraction of sp³-hybridized carbons (Fsp3) is 0.556. The second-order valence-corrected chi connectivity index (χ2v) is 7.36. The van der Waals surface area contributed by atoms with Gasteiger partial charge >= 0.3 is 18.2 Å². The predicted molar refractivity (Wildman–Crippen MR) is 89.4 cm³/mol. The van der Waals surface area contributed by atoms with Gasteiger partial charge in [0, 0.05) is 19.1 Å². The second-order valence-electron chi connectivity index (χ2n) is 7.36. The molecule has 1 heterocycles. The first-order valence-electron chi connectivity index (χ1n) is 8.32. The Balaban J connectivity index is 2.33. The SMILES string of the molecule is C[C@@H]1CN(C(=O)C(F)(F)F)[C@@H](c2ccccc2)CN1C(=O)OC(C)(C)C. The van der Waals surface area contributed by atoms with Crippen LogP contribution in [-0.2, 0) is 9.53 Å². The first-order valence-corrected chi connectivity index (χ1v) is 8.32. The zero-order chi connectivity index (χ0) is 19.7. The molecule has 0 spiro atoms. The highest BCUT2D eigenvalue weighted by Crippen LogP contribution is 2.32.